The van der Waals surface area contributed by atoms with E-state index in [0.717, 1.165) is 32.4 Å². The summed E-state index contributed by atoms with van der Waals surface area (Å²) in [5.74, 6) is 0.0104. The average molecular weight is 250 g/mol. The first-order valence-corrected chi connectivity index (χ1v) is 6.46. The Morgan fingerprint density at radius 3 is 3.06 bits per heavy atom. The number of anilines is 1. The fourth-order valence-corrected chi connectivity index (χ4v) is 2.55. The van der Waals surface area contributed by atoms with Gasteiger partial charge in [0.15, 0.2) is 0 Å². The van der Waals surface area contributed by atoms with E-state index in [-0.39, 0.29) is 11.5 Å². The Morgan fingerprint density at radius 1 is 1.56 bits per heavy atom. The monoisotopic (exact) mass is 250 g/mol. The van der Waals surface area contributed by atoms with Gasteiger partial charge in [0, 0.05) is 18.8 Å². The van der Waals surface area contributed by atoms with Crippen molar-refractivity contribution in [2.75, 3.05) is 18.8 Å². The number of rotatable bonds is 3. The summed E-state index contributed by atoms with van der Waals surface area (Å²) >= 11 is 0. The second kappa shape index (κ2) is 5.38. The molecular formula is C14H19FN2O. The normalized spacial score (nSPS) is 19.2. The van der Waals surface area contributed by atoms with Gasteiger partial charge in [0.05, 0.1) is 5.56 Å². The molecular weight excluding hydrogens is 231 g/mol. The molecule has 0 aliphatic carbocycles. The third-order valence-electron chi connectivity index (χ3n) is 3.52. The summed E-state index contributed by atoms with van der Waals surface area (Å²) in [5, 5.41) is 0. The highest BCUT2D eigenvalue weighted by Gasteiger charge is 2.27. The molecule has 0 saturated carbocycles. The van der Waals surface area contributed by atoms with Gasteiger partial charge in [0.2, 0.25) is 0 Å². The molecule has 0 spiro atoms. The molecule has 1 aromatic carbocycles. The molecule has 2 rings (SSSR count). The number of nitrogens with two attached hydrogens (primary N) is 1. The van der Waals surface area contributed by atoms with E-state index in [0.29, 0.717) is 11.6 Å². The molecule has 1 saturated heterocycles. The highest BCUT2D eigenvalue weighted by Crippen LogP contribution is 2.24. The van der Waals surface area contributed by atoms with Crippen molar-refractivity contribution in [3.63, 3.8) is 0 Å². The Labute approximate surface area is 107 Å². The lowest BCUT2D eigenvalue weighted by Crippen LogP contribution is -2.29. The number of likely N-dealkylation sites (tertiary alicyclic amines) is 1. The van der Waals surface area contributed by atoms with Crippen molar-refractivity contribution < 1.29 is 9.18 Å². The predicted molar refractivity (Wildman–Crippen MR) is 69.7 cm³/mol. The van der Waals surface area contributed by atoms with E-state index in [1.54, 1.807) is 4.90 Å². The molecule has 1 heterocycles. The molecule has 1 fully saturated rings. The Balaban J connectivity index is 2.10. The number of amides is 1. The highest BCUT2D eigenvalue weighted by molar-refractivity contribution is 5.99. The van der Waals surface area contributed by atoms with Gasteiger partial charge in [-0.25, -0.2) is 4.39 Å². The van der Waals surface area contributed by atoms with Crippen LogP contribution in [0, 0.1) is 11.7 Å². The second-order valence-electron chi connectivity index (χ2n) is 4.93. The molecule has 1 unspecified atom stereocenters. The maximum absolute atomic E-state index is 13.2. The Kier molecular flexibility index (Phi) is 3.84. The first kappa shape index (κ1) is 12.9. The summed E-state index contributed by atoms with van der Waals surface area (Å²) < 4.78 is 13.2. The van der Waals surface area contributed by atoms with Crippen LogP contribution in [0.5, 0.6) is 0 Å². The van der Waals surface area contributed by atoms with Gasteiger partial charge < -0.3 is 10.6 Å². The molecule has 1 aliphatic heterocycles. The largest absolute Gasteiger partial charge is 0.398 e. The van der Waals surface area contributed by atoms with E-state index >= 15 is 0 Å². The Hall–Kier alpha value is -1.58. The van der Waals surface area contributed by atoms with Crippen molar-refractivity contribution in [2.24, 2.45) is 5.92 Å². The number of nitrogen functional groups attached to an aromatic ring is 1. The molecule has 0 aromatic heterocycles. The molecule has 0 bridgehead atoms. The van der Waals surface area contributed by atoms with Gasteiger partial charge in [-0.15, -0.1) is 0 Å². The molecule has 1 aliphatic rings. The number of carbonyl (C=O) groups is 1. The molecule has 4 heteroatoms. The number of halogens is 1. The average Bonchev–Trinajstić information content (AvgIpc) is 2.80. The van der Waals surface area contributed by atoms with E-state index in [4.69, 9.17) is 5.73 Å². The van der Waals surface area contributed by atoms with E-state index in [2.05, 4.69) is 6.92 Å². The SMILES string of the molecule is CCCC1CCN(C(=O)c2cc(F)ccc2N)C1. The van der Waals surface area contributed by atoms with Crippen LogP contribution in [0.3, 0.4) is 0 Å². The summed E-state index contributed by atoms with van der Waals surface area (Å²) in [6.07, 6.45) is 3.31. The third kappa shape index (κ3) is 2.63. The molecule has 0 radical (unpaired) electrons. The van der Waals surface area contributed by atoms with Crippen LogP contribution in [0.1, 0.15) is 36.5 Å². The first-order valence-electron chi connectivity index (χ1n) is 6.46. The number of nitrogens with zero attached hydrogens (tertiary/aromatic N) is 1. The number of hydrogen-bond acceptors (Lipinski definition) is 2. The lowest BCUT2D eigenvalue weighted by Gasteiger charge is -2.17. The van der Waals surface area contributed by atoms with Crippen molar-refractivity contribution in [3.05, 3.63) is 29.6 Å². The van der Waals surface area contributed by atoms with Crippen LogP contribution in [0.4, 0.5) is 10.1 Å². The smallest absolute Gasteiger partial charge is 0.256 e. The van der Waals surface area contributed by atoms with Crippen molar-refractivity contribution in [2.45, 2.75) is 26.2 Å². The zero-order valence-corrected chi connectivity index (χ0v) is 10.7. The van der Waals surface area contributed by atoms with E-state index < -0.39 is 5.82 Å². The van der Waals surface area contributed by atoms with Crippen LogP contribution in [-0.2, 0) is 0 Å². The van der Waals surface area contributed by atoms with Crippen LogP contribution in [0.2, 0.25) is 0 Å². The number of carbonyl (C=O) groups excluding carboxylic acids is 1. The minimum Gasteiger partial charge on any atom is -0.398 e. The topological polar surface area (TPSA) is 46.3 Å². The van der Waals surface area contributed by atoms with Gasteiger partial charge in [0.1, 0.15) is 5.82 Å². The molecule has 1 atom stereocenters. The van der Waals surface area contributed by atoms with Gasteiger partial charge in [-0.05, 0) is 37.0 Å². The van der Waals surface area contributed by atoms with Crippen molar-refractivity contribution in [1.29, 1.82) is 0 Å². The van der Waals surface area contributed by atoms with Crippen LogP contribution < -0.4 is 5.73 Å². The zero-order chi connectivity index (χ0) is 13.1. The van der Waals surface area contributed by atoms with Crippen LogP contribution >= 0.6 is 0 Å². The highest BCUT2D eigenvalue weighted by atomic mass is 19.1. The summed E-state index contributed by atoms with van der Waals surface area (Å²) in [4.78, 5) is 14.0. The fraction of sp³-hybridized carbons (Fsp3) is 0.500. The summed E-state index contributed by atoms with van der Waals surface area (Å²) in [5.41, 5.74) is 6.37. The molecule has 1 amide bonds. The molecule has 1 aromatic rings. The lowest BCUT2D eigenvalue weighted by molar-refractivity contribution is 0.0787. The third-order valence-corrected chi connectivity index (χ3v) is 3.52. The minimum atomic E-state index is -0.420. The van der Waals surface area contributed by atoms with Gasteiger partial charge in [-0.3, -0.25) is 4.79 Å². The molecule has 3 nitrogen and oxygen atoms in total. The quantitative estimate of drug-likeness (QED) is 0.838. The second-order valence-corrected chi connectivity index (χ2v) is 4.93. The van der Waals surface area contributed by atoms with Gasteiger partial charge >= 0.3 is 0 Å². The summed E-state index contributed by atoms with van der Waals surface area (Å²) in [6, 6.07) is 3.95. The lowest BCUT2D eigenvalue weighted by atomic mass is 10.0. The Bertz CT molecular complexity index is 447. The summed E-state index contributed by atoms with van der Waals surface area (Å²) in [6.45, 7) is 3.66. The number of benzene rings is 1. The standard InChI is InChI=1S/C14H19FN2O/c1-2-3-10-6-7-17(9-10)14(18)12-8-11(15)4-5-13(12)16/h4-5,8,10H,2-3,6-7,9,16H2,1H3. The van der Waals surface area contributed by atoms with E-state index in [1.165, 1.54) is 18.2 Å². The van der Waals surface area contributed by atoms with Crippen molar-refractivity contribution in [3.8, 4) is 0 Å². The van der Waals surface area contributed by atoms with Gasteiger partial charge in [0.25, 0.3) is 5.91 Å². The zero-order valence-electron chi connectivity index (χ0n) is 10.7. The maximum atomic E-state index is 13.2. The van der Waals surface area contributed by atoms with Gasteiger partial charge in [-0.2, -0.15) is 0 Å². The molecule has 18 heavy (non-hydrogen) atoms. The predicted octanol–water partition coefficient (Wildman–Crippen LogP) is 2.67. The van der Waals surface area contributed by atoms with Crippen molar-refractivity contribution in [1.82, 2.24) is 4.90 Å². The fourth-order valence-electron chi connectivity index (χ4n) is 2.55. The summed E-state index contributed by atoms with van der Waals surface area (Å²) in [7, 11) is 0. The van der Waals surface area contributed by atoms with Gasteiger partial charge in [-0.1, -0.05) is 13.3 Å². The molecule has 98 valence electrons. The Morgan fingerprint density at radius 2 is 2.33 bits per heavy atom. The van der Waals surface area contributed by atoms with E-state index in [1.807, 2.05) is 0 Å². The van der Waals surface area contributed by atoms with Crippen LogP contribution in [0.15, 0.2) is 18.2 Å². The van der Waals surface area contributed by atoms with Crippen LogP contribution in [-0.4, -0.2) is 23.9 Å². The van der Waals surface area contributed by atoms with Crippen LogP contribution in [0.25, 0.3) is 0 Å². The first-order chi connectivity index (χ1) is 8.61. The minimum absolute atomic E-state index is 0.148. The molecule has 2 N–H and O–H groups in total. The number of hydrogen-bond donors (Lipinski definition) is 1. The van der Waals surface area contributed by atoms with Crippen molar-refractivity contribution >= 4 is 11.6 Å². The maximum Gasteiger partial charge on any atom is 0.256 e. The van der Waals surface area contributed by atoms with E-state index in [9.17, 15) is 9.18 Å².